The predicted molar refractivity (Wildman–Crippen MR) is 69.1 cm³/mol. The molecule has 0 aromatic heterocycles. The lowest BCUT2D eigenvalue weighted by atomic mass is 9.95. The summed E-state index contributed by atoms with van der Waals surface area (Å²) in [5, 5.41) is 3.75. The van der Waals surface area contributed by atoms with Gasteiger partial charge in [-0.1, -0.05) is 13.8 Å². The second-order valence-electron chi connectivity index (χ2n) is 5.09. The SMILES string of the molecule is CC(C)C1CC(NCC(C)S(C)=O)CCO1. The van der Waals surface area contributed by atoms with Crippen LogP contribution < -0.4 is 5.32 Å². The Morgan fingerprint density at radius 2 is 2.12 bits per heavy atom. The van der Waals surface area contributed by atoms with E-state index in [0.717, 1.165) is 26.0 Å². The van der Waals surface area contributed by atoms with Gasteiger partial charge in [-0.3, -0.25) is 4.21 Å². The maximum Gasteiger partial charge on any atom is 0.0612 e. The molecule has 1 fully saturated rings. The minimum absolute atomic E-state index is 0.236. The van der Waals surface area contributed by atoms with Crippen LogP contribution in [-0.2, 0) is 15.5 Å². The van der Waals surface area contributed by atoms with Crippen molar-refractivity contribution in [2.24, 2.45) is 5.92 Å². The van der Waals surface area contributed by atoms with Gasteiger partial charge in [-0.2, -0.15) is 0 Å². The van der Waals surface area contributed by atoms with Crippen LogP contribution in [0.15, 0.2) is 0 Å². The van der Waals surface area contributed by atoms with Crippen molar-refractivity contribution in [2.45, 2.75) is 51.0 Å². The second kappa shape index (κ2) is 6.72. The summed E-state index contributed by atoms with van der Waals surface area (Å²) in [6.45, 7) is 8.14. The molecule has 1 heterocycles. The lowest BCUT2D eigenvalue weighted by Gasteiger charge is -2.33. The molecule has 4 heteroatoms. The van der Waals surface area contributed by atoms with E-state index in [1.807, 2.05) is 6.92 Å². The quantitative estimate of drug-likeness (QED) is 0.801. The molecule has 0 aromatic carbocycles. The van der Waals surface area contributed by atoms with Gasteiger partial charge in [-0.15, -0.1) is 0 Å². The topological polar surface area (TPSA) is 38.3 Å². The van der Waals surface area contributed by atoms with Crippen LogP contribution in [0.4, 0.5) is 0 Å². The van der Waals surface area contributed by atoms with E-state index >= 15 is 0 Å². The van der Waals surface area contributed by atoms with E-state index in [1.165, 1.54) is 0 Å². The van der Waals surface area contributed by atoms with Gasteiger partial charge in [0.2, 0.25) is 0 Å². The van der Waals surface area contributed by atoms with Gasteiger partial charge in [-0.25, -0.2) is 0 Å². The average Bonchev–Trinajstić information content (AvgIpc) is 2.26. The first-order chi connectivity index (χ1) is 7.50. The molecule has 0 saturated carbocycles. The van der Waals surface area contributed by atoms with E-state index in [0.29, 0.717) is 18.1 Å². The monoisotopic (exact) mass is 247 g/mol. The third-order valence-electron chi connectivity index (χ3n) is 3.32. The zero-order valence-electron chi connectivity index (χ0n) is 10.9. The molecule has 96 valence electrons. The Bertz CT molecular complexity index is 233. The van der Waals surface area contributed by atoms with Crippen LogP contribution in [0, 0.1) is 5.92 Å². The molecule has 0 radical (unpaired) electrons. The summed E-state index contributed by atoms with van der Waals surface area (Å²) in [7, 11) is -0.726. The van der Waals surface area contributed by atoms with E-state index in [-0.39, 0.29) is 5.25 Å². The van der Waals surface area contributed by atoms with Gasteiger partial charge in [0.25, 0.3) is 0 Å². The summed E-state index contributed by atoms with van der Waals surface area (Å²) in [6, 6.07) is 0.534. The molecular weight excluding hydrogens is 222 g/mol. The molecule has 0 aromatic rings. The summed E-state index contributed by atoms with van der Waals surface area (Å²) < 4.78 is 17.0. The molecule has 1 rings (SSSR count). The van der Waals surface area contributed by atoms with Crippen LogP contribution in [-0.4, -0.2) is 41.0 Å². The third kappa shape index (κ3) is 4.52. The number of hydrogen-bond acceptors (Lipinski definition) is 3. The van der Waals surface area contributed by atoms with Crippen molar-refractivity contribution in [1.82, 2.24) is 5.32 Å². The Labute approximate surface area is 102 Å². The highest BCUT2D eigenvalue weighted by atomic mass is 32.2. The zero-order valence-corrected chi connectivity index (χ0v) is 11.7. The van der Waals surface area contributed by atoms with Crippen LogP contribution in [0.5, 0.6) is 0 Å². The van der Waals surface area contributed by atoms with E-state index in [1.54, 1.807) is 6.26 Å². The van der Waals surface area contributed by atoms with Crippen molar-refractivity contribution < 1.29 is 8.95 Å². The van der Waals surface area contributed by atoms with Crippen LogP contribution in [0.2, 0.25) is 0 Å². The number of rotatable bonds is 5. The Morgan fingerprint density at radius 1 is 1.44 bits per heavy atom. The first-order valence-electron chi connectivity index (χ1n) is 6.18. The molecule has 1 aliphatic heterocycles. The molecular formula is C12H25NO2S. The Balaban J connectivity index is 2.29. The van der Waals surface area contributed by atoms with Gasteiger partial charge in [-0.05, 0) is 25.7 Å². The van der Waals surface area contributed by atoms with Crippen LogP contribution >= 0.6 is 0 Å². The smallest absolute Gasteiger partial charge is 0.0612 e. The fourth-order valence-corrected chi connectivity index (χ4v) is 2.26. The molecule has 16 heavy (non-hydrogen) atoms. The highest BCUT2D eigenvalue weighted by Crippen LogP contribution is 2.20. The van der Waals surface area contributed by atoms with Crippen molar-refractivity contribution in [1.29, 1.82) is 0 Å². The molecule has 3 nitrogen and oxygen atoms in total. The maximum atomic E-state index is 11.2. The molecule has 1 saturated heterocycles. The lowest BCUT2D eigenvalue weighted by molar-refractivity contribution is -0.0241. The van der Waals surface area contributed by atoms with Gasteiger partial charge < -0.3 is 10.1 Å². The Kier molecular flexibility index (Phi) is 5.94. The minimum atomic E-state index is -0.726. The fraction of sp³-hybridized carbons (Fsp3) is 1.00. The molecule has 1 N–H and O–H groups in total. The highest BCUT2D eigenvalue weighted by molar-refractivity contribution is 7.84. The first-order valence-corrected chi connectivity index (χ1v) is 7.80. The maximum absolute atomic E-state index is 11.2. The molecule has 0 bridgehead atoms. The van der Waals surface area contributed by atoms with Gasteiger partial charge in [0.15, 0.2) is 0 Å². The summed E-state index contributed by atoms with van der Waals surface area (Å²) in [5.41, 5.74) is 0. The standard InChI is InChI=1S/C12H25NO2S/c1-9(2)12-7-11(5-6-15-12)13-8-10(3)16(4)14/h9-13H,5-8H2,1-4H3. The summed E-state index contributed by atoms with van der Waals surface area (Å²) in [5.74, 6) is 0.585. The van der Waals surface area contributed by atoms with Crippen LogP contribution in [0.25, 0.3) is 0 Å². The van der Waals surface area contributed by atoms with Gasteiger partial charge in [0.1, 0.15) is 0 Å². The molecule has 0 aliphatic carbocycles. The van der Waals surface area contributed by atoms with Crippen LogP contribution in [0.3, 0.4) is 0 Å². The average molecular weight is 247 g/mol. The van der Waals surface area contributed by atoms with Crippen LogP contribution in [0.1, 0.15) is 33.6 Å². The van der Waals surface area contributed by atoms with Crippen molar-refractivity contribution in [2.75, 3.05) is 19.4 Å². The molecule has 1 aliphatic rings. The van der Waals surface area contributed by atoms with Gasteiger partial charge in [0, 0.05) is 41.5 Å². The van der Waals surface area contributed by atoms with E-state index in [9.17, 15) is 4.21 Å². The summed E-state index contributed by atoms with van der Waals surface area (Å²) >= 11 is 0. The van der Waals surface area contributed by atoms with E-state index in [4.69, 9.17) is 4.74 Å². The zero-order chi connectivity index (χ0) is 12.1. The summed E-state index contributed by atoms with van der Waals surface area (Å²) in [6.07, 6.45) is 4.31. The molecule has 4 unspecified atom stereocenters. The Morgan fingerprint density at radius 3 is 2.69 bits per heavy atom. The predicted octanol–water partition coefficient (Wildman–Crippen LogP) is 1.55. The number of ether oxygens (including phenoxy) is 1. The largest absolute Gasteiger partial charge is 0.378 e. The van der Waals surface area contributed by atoms with Crippen molar-refractivity contribution in [3.05, 3.63) is 0 Å². The van der Waals surface area contributed by atoms with Gasteiger partial charge >= 0.3 is 0 Å². The minimum Gasteiger partial charge on any atom is -0.378 e. The molecule has 0 spiro atoms. The van der Waals surface area contributed by atoms with Crippen molar-refractivity contribution in [3.63, 3.8) is 0 Å². The summed E-state index contributed by atoms with van der Waals surface area (Å²) in [4.78, 5) is 0. The first kappa shape index (κ1) is 14.1. The third-order valence-corrected chi connectivity index (χ3v) is 4.62. The number of hydrogen-bond donors (Lipinski definition) is 1. The fourth-order valence-electron chi connectivity index (χ4n) is 1.93. The van der Waals surface area contributed by atoms with Crippen molar-refractivity contribution >= 4 is 10.8 Å². The Hall–Kier alpha value is 0.0700. The molecule has 4 atom stereocenters. The van der Waals surface area contributed by atoms with E-state index in [2.05, 4.69) is 19.2 Å². The second-order valence-corrected chi connectivity index (χ2v) is 6.89. The lowest BCUT2D eigenvalue weighted by Crippen LogP contribution is -2.43. The molecule has 0 amide bonds. The number of nitrogens with one attached hydrogen (secondary N) is 1. The highest BCUT2D eigenvalue weighted by Gasteiger charge is 2.24. The van der Waals surface area contributed by atoms with Crippen molar-refractivity contribution in [3.8, 4) is 0 Å². The van der Waals surface area contributed by atoms with Gasteiger partial charge in [0.05, 0.1) is 6.10 Å². The van der Waals surface area contributed by atoms with E-state index < -0.39 is 10.8 Å². The normalized spacial score (nSPS) is 30.3.